The number of hydrogen-bond donors (Lipinski definition) is 1. The maximum absolute atomic E-state index is 12.0. The first-order valence-electron chi connectivity index (χ1n) is 6.44. The summed E-state index contributed by atoms with van der Waals surface area (Å²) in [5, 5.41) is 0. The van der Waals surface area contributed by atoms with Gasteiger partial charge >= 0.3 is 6.09 Å². The van der Waals surface area contributed by atoms with Crippen LogP contribution in [0.25, 0.3) is 0 Å². The molecule has 0 radical (unpaired) electrons. The Morgan fingerprint density at radius 2 is 2.22 bits per heavy atom. The van der Waals surface area contributed by atoms with Gasteiger partial charge in [-0.2, -0.15) is 0 Å². The van der Waals surface area contributed by atoms with Gasteiger partial charge in [0.2, 0.25) is 0 Å². The Bertz CT molecular complexity index is 371. The Hall–Kier alpha value is -1.23. The van der Waals surface area contributed by atoms with Gasteiger partial charge in [0.15, 0.2) is 0 Å². The normalized spacial score (nSPS) is 23.8. The molecule has 18 heavy (non-hydrogen) atoms. The van der Waals surface area contributed by atoms with Gasteiger partial charge in [0.05, 0.1) is 6.54 Å². The Labute approximate surface area is 108 Å². The van der Waals surface area contributed by atoms with Crippen LogP contribution in [-0.4, -0.2) is 42.3 Å². The maximum Gasteiger partial charge on any atom is 0.410 e. The molecule has 1 atom stereocenters. The van der Waals surface area contributed by atoms with Crippen molar-refractivity contribution in [1.82, 2.24) is 4.90 Å². The smallest absolute Gasteiger partial charge is 0.410 e. The third kappa shape index (κ3) is 2.96. The second kappa shape index (κ2) is 4.80. The first-order valence-corrected chi connectivity index (χ1v) is 6.44. The maximum atomic E-state index is 12.0. The van der Waals surface area contributed by atoms with Crippen molar-refractivity contribution >= 4 is 6.09 Å². The van der Waals surface area contributed by atoms with Crippen LogP contribution in [0.5, 0.6) is 0 Å². The van der Waals surface area contributed by atoms with E-state index < -0.39 is 5.60 Å². The molecule has 0 aromatic rings. The molecule has 0 fully saturated rings. The van der Waals surface area contributed by atoms with E-state index in [1.54, 1.807) is 4.90 Å². The highest BCUT2D eigenvalue weighted by Crippen LogP contribution is 2.30. The molecule has 1 amide bonds. The van der Waals surface area contributed by atoms with Crippen LogP contribution in [-0.2, 0) is 9.47 Å². The molecular weight excluding hydrogens is 232 g/mol. The molecule has 2 rings (SSSR count). The first-order chi connectivity index (χ1) is 8.39. The molecule has 0 aromatic carbocycles. The van der Waals surface area contributed by atoms with Crippen LogP contribution >= 0.6 is 0 Å². The van der Waals surface area contributed by atoms with Crippen LogP contribution in [0.15, 0.2) is 11.3 Å². The van der Waals surface area contributed by atoms with Gasteiger partial charge in [0.25, 0.3) is 0 Å². The zero-order valence-corrected chi connectivity index (χ0v) is 11.4. The summed E-state index contributed by atoms with van der Waals surface area (Å²) in [6.07, 6.45) is 1.74. The van der Waals surface area contributed by atoms with Crippen molar-refractivity contribution in [2.75, 3.05) is 19.6 Å². The average molecular weight is 254 g/mol. The average Bonchev–Trinajstić information content (AvgIpc) is 2.69. The number of carbonyl (C=O) groups is 1. The molecule has 5 heteroatoms. The molecule has 0 aliphatic carbocycles. The fourth-order valence-corrected chi connectivity index (χ4v) is 2.22. The van der Waals surface area contributed by atoms with Crippen LogP contribution in [0.3, 0.4) is 0 Å². The first kappa shape index (κ1) is 13.2. The van der Waals surface area contributed by atoms with Gasteiger partial charge in [0.1, 0.15) is 17.5 Å². The van der Waals surface area contributed by atoms with Crippen LogP contribution in [0.1, 0.15) is 33.6 Å². The molecule has 102 valence electrons. The van der Waals surface area contributed by atoms with Gasteiger partial charge in [-0.3, -0.25) is 4.90 Å². The summed E-state index contributed by atoms with van der Waals surface area (Å²) in [5.41, 5.74) is 6.37. The Balaban J connectivity index is 1.93. The summed E-state index contributed by atoms with van der Waals surface area (Å²) in [4.78, 5) is 13.6. The number of nitrogens with zero attached hydrogens (tertiary/aromatic N) is 1. The molecular formula is C13H22N2O3. The summed E-state index contributed by atoms with van der Waals surface area (Å²) >= 11 is 0. The second-order valence-electron chi connectivity index (χ2n) is 5.88. The van der Waals surface area contributed by atoms with Crippen molar-refractivity contribution in [3.8, 4) is 0 Å². The topological polar surface area (TPSA) is 64.8 Å². The minimum atomic E-state index is -0.458. The zero-order valence-electron chi connectivity index (χ0n) is 11.4. The summed E-state index contributed by atoms with van der Waals surface area (Å²) < 4.78 is 11.1. The summed E-state index contributed by atoms with van der Waals surface area (Å²) in [7, 11) is 0. The lowest BCUT2D eigenvalue weighted by Gasteiger charge is -2.24. The third-order valence-corrected chi connectivity index (χ3v) is 3.10. The quantitative estimate of drug-likeness (QED) is 0.772. The minimum absolute atomic E-state index is 0.0994. The lowest BCUT2D eigenvalue weighted by Crippen LogP contribution is -2.36. The van der Waals surface area contributed by atoms with E-state index in [0.717, 1.165) is 18.6 Å². The molecule has 2 heterocycles. The highest BCUT2D eigenvalue weighted by Gasteiger charge is 2.33. The highest BCUT2D eigenvalue weighted by atomic mass is 16.6. The SMILES string of the molecule is CC(C)(C)OC(=O)N1CC2=C(C1)OC(CN)CC2. The van der Waals surface area contributed by atoms with Gasteiger partial charge in [-0.1, -0.05) is 0 Å². The Morgan fingerprint density at radius 1 is 1.50 bits per heavy atom. The van der Waals surface area contributed by atoms with Crippen LogP contribution in [0.2, 0.25) is 0 Å². The van der Waals surface area contributed by atoms with Gasteiger partial charge in [-0.25, -0.2) is 4.79 Å². The summed E-state index contributed by atoms with van der Waals surface area (Å²) in [6, 6.07) is 0. The number of amides is 1. The lowest BCUT2D eigenvalue weighted by atomic mass is 10.0. The van der Waals surface area contributed by atoms with E-state index in [9.17, 15) is 4.79 Å². The molecule has 0 spiro atoms. The van der Waals surface area contributed by atoms with E-state index in [4.69, 9.17) is 15.2 Å². The minimum Gasteiger partial charge on any atom is -0.492 e. The standard InChI is InChI=1S/C13H22N2O3/c1-13(2,3)18-12(16)15-7-9-4-5-10(6-14)17-11(9)8-15/h10H,4-8,14H2,1-3H3. The number of carbonyl (C=O) groups excluding carboxylic acids is 1. The molecule has 2 N–H and O–H groups in total. The largest absolute Gasteiger partial charge is 0.492 e. The monoisotopic (exact) mass is 254 g/mol. The van der Waals surface area contributed by atoms with E-state index in [2.05, 4.69) is 0 Å². The van der Waals surface area contributed by atoms with Gasteiger partial charge in [-0.05, 0) is 39.2 Å². The van der Waals surface area contributed by atoms with E-state index in [0.29, 0.717) is 19.6 Å². The van der Waals surface area contributed by atoms with Gasteiger partial charge < -0.3 is 15.2 Å². The fraction of sp³-hybridized carbons (Fsp3) is 0.769. The second-order valence-corrected chi connectivity index (χ2v) is 5.88. The summed E-state index contributed by atoms with van der Waals surface area (Å²) in [5.74, 6) is 0.919. The van der Waals surface area contributed by atoms with Crippen LogP contribution in [0.4, 0.5) is 4.79 Å². The Kier molecular flexibility index (Phi) is 3.52. The van der Waals surface area contributed by atoms with Crippen molar-refractivity contribution in [2.24, 2.45) is 5.73 Å². The van der Waals surface area contributed by atoms with Gasteiger partial charge in [-0.15, -0.1) is 0 Å². The number of ether oxygens (including phenoxy) is 2. The van der Waals surface area contributed by atoms with Gasteiger partial charge in [0, 0.05) is 13.1 Å². The zero-order chi connectivity index (χ0) is 13.3. The molecule has 5 nitrogen and oxygen atoms in total. The molecule has 0 bridgehead atoms. The van der Waals surface area contributed by atoms with Crippen LogP contribution in [0, 0.1) is 0 Å². The van der Waals surface area contributed by atoms with E-state index >= 15 is 0 Å². The lowest BCUT2D eigenvalue weighted by molar-refractivity contribution is 0.0271. The molecule has 0 saturated heterocycles. The van der Waals surface area contributed by atoms with Crippen molar-refractivity contribution in [3.63, 3.8) is 0 Å². The highest BCUT2D eigenvalue weighted by molar-refractivity contribution is 5.69. The molecule has 1 unspecified atom stereocenters. The molecule has 0 aromatic heterocycles. The van der Waals surface area contributed by atoms with E-state index in [1.165, 1.54) is 5.57 Å². The van der Waals surface area contributed by atoms with Crippen molar-refractivity contribution in [1.29, 1.82) is 0 Å². The summed E-state index contributed by atoms with van der Waals surface area (Å²) in [6.45, 7) is 7.28. The number of hydrogen-bond acceptors (Lipinski definition) is 4. The number of rotatable bonds is 1. The van der Waals surface area contributed by atoms with Crippen molar-refractivity contribution in [3.05, 3.63) is 11.3 Å². The molecule has 0 saturated carbocycles. The Morgan fingerprint density at radius 3 is 2.83 bits per heavy atom. The van der Waals surface area contributed by atoms with Crippen molar-refractivity contribution < 1.29 is 14.3 Å². The van der Waals surface area contributed by atoms with E-state index in [1.807, 2.05) is 20.8 Å². The predicted octanol–water partition coefficient (Wildman–Crippen LogP) is 1.63. The van der Waals surface area contributed by atoms with E-state index in [-0.39, 0.29) is 12.2 Å². The number of nitrogens with two attached hydrogens (primary N) is 1. The molecule has 2 aliphatic rings. The third-order valence-electron chi connectivity index (χ3n) is 3.10. The molecule has 2 aliphatic heterocycles. The fourth-order valence-electron chi connectivity index (χ4n) is 2.22. The van der Waals surface area contributed by atoms with Crippen molar-refractivity contribution in [2.45, 2.75) is 45.3 Å². The predicted molar refractivity (Wildman–Crippen MR) is 68.0 cm³/mol. The van der Waals surface area contributed by atoms with Crippen LogP contribution < -0.4 is 5.73 Å².